The number of hydrogen-bond donors (Lipinski definition) is 0. The van der Waals surface area contributed by atoms with E-state index in [0.29, 0.717) is 17.1 Å². The molecular formula is C22H25NO3. The smallest absolute Gasteiger partial charge is 0.310 e. The maximum absolute atomic E-state index is 12.5. The summed E-state index contributed by atoms with van der Waals surface area (Å²) in [5, 5.41) is 9.49. The molecule has 4 heteroatoms. The molecule has 2 unspecified atom stereocenters. The largest absolute Gasteiger partial charge is 0.457 e. The Morgan fingerprint density at radius 1 is 1.08 bits per heavy atom. The number of nitrogens with zero attached hydrogens (tertiary/aromatic N) is 1. The molecule has 0 radical (unpaired) electrons. The van der Waals surface area contributed by atoms with Crippen LogP contribution in [0.25, 0.3) is 0 Å². The van der Waals surface area contributed by atoms with Gasteiger partial charge in [-0.3, -0.25) is 4.79 Å². The first-order chi connectivity index (χ1) is 12.5. The standard InChI is InChI=1S/C22H25NO3/c1-4-9-20(16(2)3)22(24)26-21(15-23)17-10-8-13-19(14-17)25-18-11-6-5-7-12-18/h5-8,10-14,16,20-21H,4,9H2,1-3H3. The fourth-order valence-electron chi connectivity index (χ4n) is 2.77. The van der Waals surface area contributed by atoms with Crippen LogP contribution in [0.4, 0.5) is 0 Å². The highest BCUT2D eigenvalue weighted by atomic mass is 16.5. The van der Waals surface area contributed by atoms with E-state index >= 15 is 0 Å². The Hall–Kier alpha value is -2.80. The van der Waals surface area contributed by atoms with Gasteiger partial charge in [-0.2, -0.15) is 5.26 Å². The molecule has 0 bridgehead atoms. The Bertz CT molecular complexity index is 749. The number of carbonyl (C=O) groups excluding carboxylic acids is 1. The summed E-state index contributed by atoms with van der Waals surface area (Å²) in [7, 11) is 0. The zero-order valence-corrected chi connectivity index (χ0v) is 15.5. The normalized spacial score (nSPS) is 12.9. The van der Waals surface area contributed by atoms with Crippen LogP contribution >= 0.6 is 0 Å². The lowest BCUT2D eigenvalue weighted by Gasteiger charge is -2.21. The molecule has 2 rings (SSSR count). The van der Waals surface area contributed by atoms with Gasteiger partial charge in [0.2, 0.25) is 6.10 Å². The van der Waals surface area contributed by atoms with Gasteiger partial charge in [-0.1, -0.05) is 57.5 Å². The minimum atomic E-state index is -0.945. The first-order valence-electron chi connectivity index (χ1n) is 8.98. The number of para-hydroxylation sites is 1. The number of rotatable bonds is 8. The Balaban J connectivity index is 2.13. The van der Waals surface area contributed by atoms with Crippen LogP contribution in [0.2, 0.25) is 0 Å². The summed E-state index contributed by atoms with van der Waals surface area (Å²) in [6.45, 7) is 6.03. The molecule has 0 aliphatic rings. The Labute approximate surface area is 155 Å². The average Bonchev–Trinajstić information content (AvgIpc) is 2.64. The van der Waals surface area contributed by atoms with Crippen molar-refractivity contribution in [3.05, 3.63) is 60.2 Å². The fraction of sp³-hybridized carbons (Fsp3) is 0.364. The zero-order chi connectivity index (χ0) is 18.9. The summed E-state index contributed by atoms with van der Waals surface area (Å²) in [6, 6.07) is 18.6. The van der Waals surface area contributed by atoms with Crippen LogP contribution in [-0.2, 0) is 9.53 Å². The number of nitriles is 1. The van der Waals surface area contributed by atoms with E-state index in [0.717, 1.165) is 12.8 Å². The third-order valence-corrected chi connectivity index (χ3v) is 4.20. The number of ether oxygens (including phenoxy) is 2. The third-order valence-electron chi connectivity index (χ3n) is 4.20. The summed E-state index contributed by atoms with van der Waals surface area (Å²) in [6.07, 6.45) is 0.710. The van der Waals surface area contributed by atoms with Crippen LogP contribution in [0.3, 0.4) is 0 Å². The number of benzene rings is 2. The summed E-state index contributed by atoms with van der Waals surface area (Å²) in [4.78, 5) is 12.5. The quantitative estimate of drug-likeness (QED) is 0.576. The monoisotopic (exact) mass is 351 g/mol. The van der Waals surface area contributed by atoms with Crippen LogP contribution in [0, 0.1) is 23.2 Å². The molecule has 2 aromatic rings. The van der Waals surface area contributed by atoms with Crippen LogP contribution in [-0.4, -0.2) is 5.97 Å². The van der Waals surface area contributed by atoms with Gasteiger partial charge < -0.3 is 9.47 Å². The molecule has 0 heterocycles. The van der Waals surface area contributed by atoms with Gasteiger partial charge in [-0.15, -0.1) is 0 Å². The molecule has 2 atom stereocenters. The van der Waals surface area contributed by atoms with Crippen LogP contribution in [0.15, 0.2) is 54.6 Å². The lowest BCUT2D eigenvalue weighted by atomic mass is 9.91. The molecule has 136 valence electrons. The molecule has 0 spiro atoms. The van der Waals surface area contributed by atoms with Gasteiger partial charge in [0, 0.05) is 5.56 Å². The molecular weight excluding hydrogens is 326 g/mol. The lowest BCUT2D eigenvalue weighted by molar-refractivity contribution is -0.153. The van der Waals surface area contributed by atoms with Gasteiger partial charge in [-0.25, -0.2) is 0 Å². The zero-order valence-electron chi connectivity index (χ0n) is 15.5. The van der Waals surface area contributed by atoms with Crippen molar-refractivity contribution in [1.29, 1.82) is 5.26 Å². The molecule has 2 aromatic carbocycles. The summed E-state index contributed by atoms with van der Waals surface area (Å²) in [5.74, 6) is 0.967. The minimum absolute atomic E-state index is 0.176. The molecule has 26 heavy (non-hydrogen) atoms. The van der Waals surface area contributed by atoms with E-state index in [1.807, 2.05) is 51.1 Å². The van der Waals surface area contributed by atoms with Crippen LogP contribution < -0.4 is 4.74 Å². The highest BCUT2D eigenvalue weighted by Crippen LogP contribution is 2.28. The second-order valence-electron chi connectivity index (χ2n) is 6.57. The summed E-state index contributed by atoms with van der Waals surface area (Å²) in [5.41, 5.74) is 0.605. The average molecular weight is 351 g/mol. The first kappa shape index (κ1) is 19.5. The van der Waals surface area contributed by atoms with E-state index in [9.17, 15) is 10.1 Å². The van der Waals surface area contributed by atoms with Crippen molar-refractivity contribution >= 4 is 5.97 Å². The van der Waals surface area contributed by atoms with Crippen LogP contribution in [0.1, 0.15) is 45.3 Å². The minimum Gasteiger partial charge on any atom is -0.457 e. The molecule has 0 fully saturated rings. The van der Waals surface area contributed by atoms with Crippen LogP contribution in [0.5, 0.6) is 11.5 Å². The van der Waals surface area contributed by atoms with Gasteiger partial charge in [0.05, 0.1) is 5.92 Å². The van der Waals surface area contributed by atoms with E-state index < -0.39 is 6.10 Å². The Kier molecular flexibility index (Phi) is 7.23. The topological polar surface area (TPSA) is 59.3 Å². The van der Waals surface area contributed by atoms with Crippen molar-refractivity contribution in [2.24, 2.45) is 11.8 Å². The van der Waals surface area contributed by atoms with E-state index in [2.05, 4.69) is 6.07 Å². The Morgan fingerprint density at radius 3 is 2.38 bits per heavy atom. The van der Waals surface area contributed by atoms with Crippen molar-refractivity contribution in [2.45, 2.75) is 39.7 Å². The van der Waals surface area contributed by atoms with Crippen molar-refractivity contribution in [1.82, 2.24) is 0 Å². The number of esters is 1. The van der Waals surface area contributed by atoms with Crippen molar-refractivity contribution in [3.63, 3.8) is 0 Å². The van der Waals surface area contributed by atoms with E-state index in [1.165, 1.54) is 0 Å². The highest BCUT2D eigenvalue weighted by molar-refractivity contribution is 5.73. The van der Waals surface area contributed by atoms with Gasteiger partial charge in [0.1, 0.15) is 17.6 Å². The molecule has 0 N–H and O–H groups in total. The lowest BCUT2D eigenvalue weighted by Crippen LogP contribution is -2.24. The number of hydrogen-bond acceptors (Lipinski definition) is 4. The third kappa shape index (κ3) is 5.35. The molecule has 4 nitrogen and oxygen atoms in total. The van der Waals surface area contributed by atoms with Gasteiger partial charge in [-0.05, 0) is 36.6 Å². The number of carbonyl (C=O) groups is 1. The fourth-order valence-corrected chi connectivity index (χ4v) is 2.77. The molecule has 0 saturated heterocycles. The van der Waals surface area contributed by atoms with Gasteiger partial charge in [0.15, 0.2) is 0 Å². The molecule has 0 saturated carbocycles. The second-order valence-corrected chi connectivity index (χ2v) is 6.57. The molecule has 0 amide bonds. The Morgan fingerprint density at radius 2 is 1.77 bits per heavy atom. The SMILES string of the molecule is CCCC(C(=O)OC(C#N)c1cccc(Oc2ccccc2)c1)C(C)C. The molecule has 0 aromatic heterocycles. The predicted octanol–water partition coefficient (Wildman–Crippen LogP) is 5.66. The van der Waals surface area contributed by atoms with E-state index in [4.69, 9.17) is 9.47 Å². The highest BCUT2D eigenvalue weighted by Gasteiger charge is 2.26. The maximum atomic E-state index is 12.5. The van der Waals surface area contributed by atoms with Crippen molar-refractivity contribution < 1.29 is 14.3 Å². The first-order valence-corrected chi connectivity index (χ1v) is 8.98. The van der Waals surface area contributed by atoms with Gasteiger partial charge in [0.25, 0.3) is 0 Å². The molecule has 0 aliphatic heterocycles. The second kappa shape index (κ2) is 9.62. The van der Waals surface area contributed by atoms with E-state index in [-0.39, 0.29) is 17.8 Å². The maximum Gasteiger partial charge on any atom is 0.310 e. The van der Waals surface area contributed by atoms with Crippen molar-refractivity contribution in [2.75, 3.05) is 0 Å². The molecule has 0 aliphatic carbocycles. The van der Waals surface area contributed by atoms with Crippen molar-refractivity contribution in [3.8, 4) is 17.6 Å². The summed E-state index contributed by atoms with van der Waals surface area (Å²) < 4.78 is 11.3. The predicted molar refractivity (Wildman–Crippen MR) is 101 cm³/mol. The van der Waals surface area contributed by atoms with E-state index in [1.54, 1.807) is 24.3 Å². The van der Waals surface area contributed by atoms with Gasteiger partial charge >= 0.3 is 5.97 Å². The summed E-state index contributed by atoms with van der Waals surface area (Å²) >= 11 is 0.